The first kappa shape index (κ1) is 13.1. The molecule has 3 heteroatoms. The molecule has 0 amide bonds. The van der Waals surface area contributed by atoms with Crippen molar-refractivity contribution in [2.75, 3.05) is 13.2 Å². The molecular weight excluding hydrogens is 248 g/mol. The summed E-state index contributed by atoms with van der Waals surface area (Å²) in [4.78, 5) is 4.35. The van der Waals surface area contributed by atoms with Crippen LogP contribution in [0.2, 0.25) is 0 Å². The smallest absolute Gasteiger partial charge is 0.130 e. The van der Waals surface area contributed by atoms with Crippen molar-refractivity contribution in [1.82, 2.24) is 4.98 Å². The summed E-state index contributed by atoms with van der Waals surface area (Å²) in [5.74, 6) is 1.41. The van der Waals surface area contributed by atoms with Crippen LogP contribution in [0.1, 0.15) is 29.2 Å². The van der Waals surface area contributed by atoms with Crippen molar-refractivity contribution in [3.8, 4) is 16.9 Å². The van der Waals surface area contributed by atoms with Gasteiger partial charge in [0.15, 0.2) is 0 Å². The Hall–Kier alpha value is -1.87. The number of aromatic nitrogens is 1. The lowest BCUT2D eigenvalue weighted by Gasteiger charge is -2.27. The summed E-state index contributed by atoms with van der Waals surface area (Å²) in [5.41, 5.74) is 11.7. The van der Waals surface area contributed by atoms with Crippen LogP contribution in [0.5, 0.6) is 5.75 Å². The van der Waals surface area contributed by atoms with E-state index in [2.05, 4.69) is 36.2 Å². The Bertz CT molecular complexity index is 637. The second kappa shape index (κ2) is 5.25. The minimum atomic E-state index is 0.405. The van der Waals surface area contributed by atoms with E-state index in [9.17, 15) is 0 Å². The number of aryl methyl sites for hydroxylation is 2. The monoisotopic (exact) mass is 268 g/mol. The third kappa shape index (κ3) is 2.18. The van der Waals surface area contributed by atoms with Crippen LogP contribution in [0, 0.1) is 13.8 Å². The highest BCUT2D eigenvalue weighted by molar-refractivity contribution is 5.75. The molecule has 20 heavy (non-hydrogen) atoms. The summed E-state index contributed by atoms with van der Waals surface area (Å²) in [6, 6.07) is 8.49. The first-order valence-corrected chi connectivity index (χ1v) is 7.10. The third-order valence-electron chi connectivity index (χ3n) is 4.01. The lowest BCUT2D eigenvalue weighted by atomic mass is 9.89. The van der Waals surface area contributed by atoms with E-state index in [0.29, 0.717) is 12.5 Å². The first-order valence-electron chi connectivity index (χ1n) is 7.10. The van der Waals surface area contributed by atoms with Crippen LogP contribution < -0.4 is 10.5 Å². The Labute approximate surface area is 119 Å². The van der Waals surface area contributed by atoms with Gasteiger partial charge in [0.2, 0.25) is 0 Å². The van der Waals surface area contributed by atoms with Crippen molar-refractivity contribution in [3.63, 3.8) is 0 Å². The van der Waals surface area contributed by atoms with Crippen LogP contribution in [-0.4, -0.2) is 18.1 Å². The van der Waals surface area contributed by atoms with Crippen LogP contribution >= 0.6 is 0 Å². The van der Waals surface area contributed by atoms with Crippen molar-refractivity contribution >= 4 is 0 Å². The number of benzene rings is 1. The van der Waals surface area contributed by atoms with E-state index >= 15 is 0 Å². The highest BCUT2D eigenvalue weighted by Crippen LogP contribution is 2.41. The fourth-order valence-corrected chi connectivity index (χ4v) is 2.87. The molecule has 2 heterocycles. The molecule has 3 nitrogen and oxygen atoms in total. The van der Waals surface area contributed by atoms with Gasteiger partial charge >= 0.3 is 0 Å². The molecule has 0 bridgehead atoms. The van der Waals surface area contributed by atoms with Gasteiger partial charge in [-0.3, -0.25) is 4.98 Å². The van der Waals surface area contributed by atoms with Gasteiger partial charge in [-0.25, -0.2) is 0 Å². The molecule has 1 atom stereocenters. The highest BCUT2D eigenvalue weighted by atomic mass is 16.5. The van der Waals surface area contributed by atoms with Gasteiger partial charge in [-0.2, -0.15) is 0 Å². The van der Waals surface area contributed by atoms with Gasteiger partial charge in [0.05, 0.1) is 6.61 Å². The van der Waals surface area contributed by atoms with Gasteiger partial charge in [0.25, 0.3) is 0 Å². The highest BCUT2D eigenvalue weighted by Gasteiger charge is 2.23. The standard InChI is InChI=1S/C17H20N2O/c1-11-10-19-12(2)8-16(11)15-5-3-4-14-13(9-18)6-7-20-17(14)15/h3-5,8,10,13H,6-7,9,18H2,1-2H3. The minimum absolute atomic E-state index is 0.405. The van der Waals surface area contributed by atoms with Gasteiger partial charge in [0.1, 0.15) is 5.75 Å². The van der Waals surface area contributed by atoms with Crippen molar-refractivity contribution in [3.05, 3.63) is 47.3 Å². The molecule has 1 aliphatic rings. The zero-order valence-corrected chi connectivity index (χ0v) is 12.0. The molecule has 0 saturated carbocycles. The average molecular weight is 268 g/mol. The zero-order valence-electron chi connectivity index (χ0n) is 12.0. The number of nitrogens with zero attached hydrogens (tertiary/aromatic N) is 1. The molecule has 2 N–H and O–H groups in total. The van der Waals surface area contributed by atoms with Crippen molar-refractivity contribution in [2.45, 2.75) is 26.2 Å². The number of rotatable bonds is 2. The number of pyridine rings is 1. The fraction of sp³-hybridized carbons (Fsp3) is 0.353. The van der Waals surface area contributed by atoms with Crippen molar-refractivity contribution in [1.29, 1.82) is 0 Å². The van der Waals surface area contributed by atoms with Crippen molar-refractivity contribution in [2.24, 2.45) is 5.73 Å². The molecule has 3 rings (SSSR count). The van der Waals surface area contributed by atoms with E-state index in [1.165, 1.54) is 16.7 Å². The molecule has 2 aromatic rings. The maximum Gasteiger partial charge on any atom is 0.130 e. The largest absolute Gasteiger partial charge is 0.493 e. The Morgan fingerprint density at radius 2 is 2.15 bits per heavy atom. The van der Waals surface area contributed by atoms with E-state index < -0.39 is 0 Å². The SMILES string of the molecule is Cc1cc(-c2cccc3c2OCCC3CN)c(C)cn1. The summed E-state index contributed by atoms with van der Waals surface area (Å²) in [5, 5.41) is 0. The zero-order chi connectivity index (χ0) is 14.1. The maximum atomic E-state index is 5.96. The van der Waals surface area contributed by atoms with Crippen LogP contribution in [0.25, 0.3) is 11.1 Å². The molecule has 1 aromatic carbocycles. The Morgan fingerprint density at radius 1 is 1.30 bits per heavy atom. The van der Waals surface area contributed by atoms with Gasteiger partial charge in [-0.1, -0.05) is 18.2 Å². The summed E-state index contributed by atoms with van der Waals surface area (Å²) in [7, 11) is 0. The van der Waals surface area contributed by atoms with Crippen LogP contribution in [-0.2, 0) is 0 Å². The first-order chi connectivity index (χ1) is 9.70. The molecule has 1 aliphatic heterocycles. The lowest BCUT2D eigenvalue weighted by Crippen LogP contribution is -2.21. The minimum Gasteiger partial charge on any atom is -0.493 e. The number of hydrogen-bond donors (Lipinski definition) is 1. The van der Waals surface area contributed by atoms with E-state index in [1.807, 2.05) is 13.1 Å². The van der Waals surface area contributed by atoms with Gasteiger partial charge in [0, 0.05) is 23.4 Å². The fourth-order valence-electron chi connectivity index (χ4n) is 2.87. The van der Waals surface area contributed by atoms with Gasteiger partial charge in [-0.15, -0.1) is 0 Å². The molecular formula is C17H20N2O. The number of para-hydroxylation sites is 1. The lowest BCUT2D eigenvalue weighted by molar-refractivity contribution is 0.270. The maximum absolute atomic E-state index is 5.96. The molecule has 1 unspecified atom stereocenters. The Kier molecular flexibility index (Phi) is 3.45. The van der Waals surface area contributed by atoms with E-state index in [0.717, 1.165) is 30.0 Å². The van der Waals surface area contributed by atoms with Gasteiger partial charge in [-0.05, 0) is 49.6 Å². The van der Waals surface area contributed by atoms with E-state index in [4.69, 9.17) is 10.5 Å². The molecule has 0 aliphatic carbocycles. The van der Waals surface area contributed by atoms with Crippen LogP contribution in [0.3, 0.4) is 0 Å². The number of hydrogen-bond acceptors (Lipinski definition) is 3. The molecule has 0 saturated heterocycles. The number of fused-ring (bicyclic) bond motifs is 1. The molecule has 0 spiro atoms. The van der Waals surface area contributed by atoms with Gasteiger partial charge < -0.3 is 10.5 Å². The second-order valence-electron chi connectivity index (χ2n) is 5.43. The van der Waals surface area contributed by atoms with Crippen LogP contribution in [0.15, 0.2) is 30.5 Å². The normalized spacial score (nSPS) is 17.4. The Morgan fingerprint density at radius 3 is 2.95 bits per heavy atom. The van der Waals surface area contributed by atoms with E-state index in [1.54, 1.807) is 0 Å². The molecule has 0 radical (unpaired) electrons. The Balaban J connectivity index is 2.18. The molecule has 1 aromatic heterocycles. The molecule has 104 valence electrons. The molecule has 0 fully saturated rings. The predicted octanol–water partition coefficient (Wildman–Crippen LogP) is 3.19. The number of ether oxygens (including phenoxy) is 1. The third-order valence-corrected chi connectivity index (χ3v) is 4.01. The van der Waals surface area contributed by atoms with E-state index in [-0.39, 0.29) is 0 Å². The summed E-state index contributed by atoms with van der Waals surface area (Å²) in [6.07, 6.45) is 2.93. The second-order valence-corrected chi connectivity index (χ2v) is 5.43. The summed E-state index contributed by atoms with van der Waals surface area (Å²) in [6.45, 7) is 5.52. The quantitative estimate of drug-likeness (QED) is 0.910. The predicted molar refractivity (Wildman–Crippen MR) is 81.1 cm³/mol. The summed E-state index contributed by atoms with van der Waals surface area (Å²) < 4.78 is 5.96. The van der Waals surface area contributed by atoms with Crippen molar-refractivity contribution < 1.29 is 4.74 Å². The van der Waals surface area contributed by atoms with Crippen LogP contribution in [0.4, 0.5) is 0 Å². The topological polar surface area (TPSA) is 48.1 Å². The average Bonchev–Trinajstić information content (AvgIpc) is 2.48. The number of nitrogens with two attached hydrogens (primary N) is 1. The summed E-state index contributed by atoms with van der Waals surface area (Å²) >= 11 is 0.